The summed E-state index contributed by atoms with van der Waals surface area (Å²) in [6, 6.07) is 21.0. The monoisotopic (exact) mass is 493 g/mol. The fourth-order valence-corrected chi connectivity index (χ4v) is 3.72. The number of nitrogens with zero attached hydrogens (tertiary/aromatic N) is 3. The van der Waals surface area contributed by atoms with Crippen LogP contribution in [0.2, 0.25) is 0 Å². The largest absolute Gasteiger partial charge is 0.435 e. The van der Waals surface area contributed by atoms with E-state index in [-0.39, 0.29) is 18.5 Å². The van der Waals surface area contributed by atoms with Crippen molar-refractivity contribution in [1.82, 2.24) is 20.1 Å². The van der Waals surface area contributed by atoms with Gasteiger partial charge in [-0.25, -0.2) is 4.68 Å². The van der Waals surface area contributed by atoms with E-state index in [0.29, 0.717) is 4.68 Å². The molecule has 2 amide bonds. The van der Waals surface area contributed by atoms with Crippen molar-refractivity contribution >= 4 is 17.5 Å². The molecule has 10 heteroatoms. The van der Waals surface area contributed by atoms with E-state index in [1.165, 1.54) is 24.5 Å². The number of rotatable bonds is 8. The summed E-state index contributed by atoms with van der Waals surface area (Å²) in [4.78, 5) is 28.9. The van der Waals surface area contributed by atoms with Crippen molar-refractivity contribution in [3.8, 4) is 5.69 Å². The Morgan fingerprint density at radius 2 is 1.39 bits per heavy atom. The molecule has 0 atom stereocenters. The number of hydrogen-bond donors (Lipinski definition) is 2. The van der Waals surface area contributed by atoms with Gasteiger partial charge in [0, 0.05) is 25.2 Å². The first-order valence-corrected chi connectivity index (χ1v) is 11.1. The third-order valence-corrected chi connectivity index (χ3v) is 5.37. The van der Waals surface area contributed by atoms with Crippen LogP contribution in [0, 0.1) is 0 Å². The fourth-order valence-electron chi connectivity index (χ4n) is 3.72. The van der Waals surface area contributed by atoms with Crippen molar-refractivity contribution in [2.24, 2.45) is 0 Å². The van der Waals surface area contributed by atoms with Crippen LogP contribution in [0.1, 0.15) is 35.7 Å². The van der Waals surface area contributed by atoms with Gasteiger partial charge < -0.3 is 10.6 Å². The second kappa shape index (κ2) is 10.9. The lowest BCUT2D eigenvalue weighted by molar-refractivity contribution is -0.142. The van der Waals surface area contributed by atoms with Gasteiger partial charge in [-0.2, -0.15) is 18.3 Å². The minimum atomic E-state index is -4.78. The van der Waals surface area contributed by atoms with Crippen LogP contribution in [0.15, 0.2) is 91.4 Å². The van der Waals surface area contributed by atoms with Crippen molar-refractivity contribution in [1.29, 1.82) is 0 Å². The molecule has 0 aliphatic heterocycles. The van der Waals surface area contributed by atoms with Crippen molar-refractivity contribution in [3.05, 3.63) is 108 Å². The molecular weight excluding hydrogens is 471 g/mol. The summed E-state index contributed by atoms with van der Waals surface area (Å²) in [6.45, 7) is 0. The first-order valence-electron chi connectivity index (χ1n) is 11.1. The summed E-state index contributed by atoms with van der Waals surface area (Å²) in [5.74, 6) is -1.15. The molecule has 2 heterocycles. The number of carbonyl (C=O) groups excluding carboxylic acids is 2. The fraction of sp³-hybridized carbons (Fsp3) is 0.154. The Morgan fingerprint density at radius 1 is 0.833 bits per heavy atom. The molecule has 0 radical (unpaired) electrons. The van der Waals surface area contributed by atoms with Gasteiger partial charge in [-0.05, 0) is 23.3 Å². The lowest BCUT2D eigenvalue weighted by Crippen LogP contribution is -2.30. The minimum absolute atomic E-state index is 0.144. The van der Waals surface area contributed by atoms with Crippen LogP contribution in [0.3, 0.4) is 0 Å². The molecule has 0 unspecified atom stereocenters. The number of amides is 2. The molecule has 0 fully saturated rings. The van der Waals surface area contributed by atoms with Gasteiger partial charge in [-0.1, -0.05) is 60.7 Å². The first-order chi connectivity index (χ1) is 17.3. The molecule has 0 saturated carbocycles. The highest BCUT2D eigenvalue weighted by atomic mass is 19.4. The quantitative estimate of drug-likeness (QED) is 0.365. The van der Waals surface area contributed by atoms with Gasteiger partial charge in [-0.15, -0.1) is 0 Å². The van der Waals surface area contributed by atoms with E-state index in [4.69, 9.17) is 0 Å². The normalized spacial score (nSPS) is 11.3. The van der Waals surface area contributed by atoms with E-state index in [2.05, 4.69) is 20.7 Å². The van der Waals surface area contributed by atoms with Crippen LogP contribution < -0.4 is 10.6 Å². The van der Waals surface area contributed by atoms with Crippen molar-refractivity contribution in [2.75, 3.05) is 5.32 Å². The smallest absolute Gasteiger partial charge is 0.345 e. The van der Waals surface area contributed by atoms with E-state index < -0.39 is 35.4 Å². The summed E-state index contributed by atoms with van der Waals surface area (Å²) < 4.78 is 42.0. The Bertz CT molecular complexity index is 1270. The number of carbonyl (C=O) groups is 2. The predicted octanol–water partition coefficient (Wildman–Crippen LogP) is 4.91. The van der Waals surface area contributed by atoms with Gasteiger partial charge in [0.05, 0.1) is 23.6 Å². The van der Waals surface area contributed by atoms with Gasteiger partial charge in [0.1, 0.15) is 0 Å². The number of nitrogens with one attached hydrogen (secondary N) is 2. The molecule has 0 spiro atoms. The van der Waals surface area contributed by atoms with Gasteiger partial charge in [0.25, 0.3) is 0 Å². The molecule has 4 rings (SSSR count). The molecule has 2 aromatic carbocycles. The molecule has 0 bridgehead atoms. The van der Waals surface area contributed by atoms with E-state index in [1.807, 2.05) is 60.7 Å². The molecule has 2 aromatic heterocycles. The van der Waals surface area contributed by atoms with Gasteiger partial charge in [0.15, 0.2) is 5.69 Å². The molecule has 2 N–H and O–H groups in total. The maximum atomic E-state index is 13.8. The number of benzene rings is 2. The summed E-state index contributed by atoms with van der Waals surface area (Å²) in [5, 5.41) is 8.93. The van der Waals surface area contributed by atoms with E-state index in [0.717, 1.165) is 17.3 Å². The van der Waals surface area contributed by atoms with Crippen molar-refractivity contribution in [2.45, 2.75) is 25.1 Å². The van der Waals surface area contributed by atoms with Crippen LogP contribution in [-0.4, -0.2) is 26.6 Å². The number of halogens is 3. The highest BCUT2D eigenvalue weighted by molar-refractivity contribution is 5.93. The Kier molecular flexibility index (Phi) is 7.43. The minimum Gasteiger partial charge on any atom is -0.345 e. The molecular formula is C26H22F3N5O2. The Labute approximate surface area is 205 Å². The van der Waals surface area contributed by atoms with Crippen LogP contribution in [0.4, 0.5) is 18.9 Å². The van der Waals surface area contributed by atoms with Crippen molar-refractivity contribution in [3.63, 3.8) is 0 Å². The van der Waals surface area contributed by atoms with Crippen LogP contribution in [-0.2, 0) is 15.8 Å². The molecule has 7 nitrogen and oxygen atoms in total. The molecule has 0 aliphatic carbocycles. The van der Waals surface area contributed by atoms with Gasteiger partial charge >= 0.3 is 6.18 Å². The maximum Gasteiger partial charge on any atom is 0.435 e. The molecule has 4 aromatic rings. The third kappa shape index (κ3) is 5.96. The number of aromatic nitrogens is 3. The lowest BCUT2D eigenvalue weighted by Gasteiger charge is -2.20. The zero-order chi connectivity index (χ0) is 25.5. The Morgan fingerprint density at radius 3 is 1.94 bits per heavy atom. The SMILES string of the molecule is O=C(CCC(=O)NC(c1ccccc1)c1ccccc1)Nc1cnn(-c2ccncc2)c1C(F)(F)F. The molecule has 0 saturated heterocycles. The number of pyridine rings is 1. The van der Waals surface area contributed by atoms with Gasteiger partial charge in [0.2, 0.25) is 11.8 Å². The number of hydrogen-bond acceptors (Lipinski definition) is 4. The highest BCUT2D eigenvalue weighted by Crippen LogP contribution is 2.36. The van der Waals surface area contributed by atoms with Crippen LogP contribution in [0.25, 0.3) is 5.69 Å². The predicted molar refractivity (Wildman–Crippen MR) is 127 cm³/mol. The summed E-state index contributed by atoms with van der Waals surface area (Å²) >= 11 is 0. The third-order valence-electron chi connectivity index (χ3n) is 5.37. The lowest BCUT2D eigenvalue weighted by atomic mass is 9.98. The first kappa shape index (κ1) is 24.6. The van der Waals surface area contributed by atoms with E-state index >= 15 is 0 Å². The molecule has 184 valence electrons. The number of alkyl halides is 3. The summed E-state index contributed by atoms with van der Waals surface area (Å²) in [6.07, 6.45) is -1.68. The highest BCUT2D eigenvalue weighted by Gasteiger charge is 2.39. The van der Waals surface area contributed by atoms with E-state index in [9.17, 15) is 22.8 Å². The second-order valence-corrected chi connectivity index (χ2v) is 7.89. The standard InChI is InChI=1S/C26H22F3N5O2/c27-26(28,29)25-21(17-31-34(25)20-13-15-30-16-14-20)32-22(35)11-12-23(36)33-24(18-7-3-1-4-8-18)19-9-5-2-6-10-19/h1-10,13-17,24H,11-12H2,(H,32,35)(H,33,36). The topological polar surface area (TPSA) is 88.9 Å². The summed E-state index contributed by atoms with van der Waals surface area (Å²) in [7, 11) is 0. The van der Waals surface area contributed by atoms with Crippen molar-refractivity contribution < 1.29 is 22.8 Å². The second-order valence-electron chi connectivity index (χ2n) is 7.89. The average molecular weight is 493 g/mol. The number of anilines is 1. The average Bonchev–Trinajstić information content (AvgIpc) is 3.32. The molecule has 36 heavy (non-hydrogen) atoms. The Hall–Kier alpha value is -4.47. The van der Waals surface area contributed by atoms with E-state index in [1.54, 1.807) is 0 Å². The maximum absolute atomic E-state index is 13.8. The molecule has 0 aliphatic rings. The van der Waals surface area contributed by atoms with Crippen LogP contribution in [0.5, 0.6) is 0 Å². The van der Waals surface area contributed by atoms with Gasteiger partial charge in [-0.3, -0.25) is 14.6 Å². The summed E-state index contributed by atoms with van der Waals surface area (Å²) in [5.41, 5.74) is 0.251. The zero-order valence-corrected chi connectivity index (χ0v) is 18.9. The Balaban J connectivity index is 1.43. The van der Waals surface area contributed by atoms with Crippen LogP contribution >= 0.6 is 0 Å². The zero-order valence-electron chi connectivity index (χ0n) is 18.9.